The van der Waals surface area contributed by atoms with Gasteiger partial charge >= 0.3 is 0 Å². The van der Waals surface area contributed by atoms with Gasteiger partial charge in [-0.15, -0.1) is 0 Å². The lowest BCUT2D eigenvalue weighted by Gasteiger charge is -2.35. The first-order valence-electron chi connectivity index (χ1n) is 7.09. The molecule has 120 valence electrons. The summed E-state index contributed by atoms with van der Waals surface area (Å²) < 4.78 is 25.8. The van der Waals surface area contributed by atoms with Crippen molar-refractivity contribution >= 4 is 48.3 Å². The van der Waals surface area contributed by atoms with Crippen molar-refractivity contribution < 1.29 is 8.42 Å². The van der Waals surface area contributed by atoms with Crippen molar-refractivity contribution in [3.63, 3.8) is 0 Å². The molecule has 0 amide bonds. The molecule has 1 fully saturated rings. The summed E-state index contributed by atoms with van der Waals surface area (Å²) in [6.45, 7) is 1.62. The van der Waals surface area contributed by atoms with E-state index < -0.39 is 10.0 Å². The summed E-state index contributed by atoms with van der Waals surface area (Å²) in [5, 5.41) is 1.63. The molecule has 3 rings (SSSR count). The molecule has 22 heavy (non-hydrogen) atoms. The Labute approximate surface area is 139 Å². The second kappa shape index (κ2) is 5.96. The molecule has 1 aromatic heterocycles. The number of piperidine rings is 1. The van der Waals surface area contributed by atoms with Crippen LogP contribution in [0.5, 0.6) is 0 Å². The van der Waals surface area contributed by atoms with Gasteiger partial charge in [0.25, 0.3) is 0 Å². The lowest BCUT2D eigenvalue weighted by atomic mass is 10.1. The van der Waals surface area contributed by atoms with E-state index >= 15 is 0 Å². The Bertz CT molecular complexity index is 782. The minimum Gasteiger partial charge on any atom is -0.348 e. The average molecular weight is 360 g/mol. The third-order valence-corrected chi connectivity index (χ3v) is 6.86. The summed E-state index contributed by atoms with van der Waals surface area (Å²) in [4.78, 5) is 6.85. The molecule has 2 heterocycles. The van der Waals surface area contributed by atoms with Crippen LogP contribution in [-0.4, -0.2) is 50.1 Å². The van der Waals surface area contributed by atoms with Gasteiger partial charge in [0.1, 0.15) is 5.52 Å². The molecule has 0 aliphatic carbocycles. The monoisotopic (exact) mass is 359 g/mol. The number of halogens is 1. The van der Waals surface area contributed by atoms with Crippen LogP contribution in [0.25, 0.3) is 10.2 Å². The SMILES string of the molecule is CN(C1CCN(c2nc3c(Cl)cccc3s2)CC1)S(C)(=O)=O. The highest BCUT2D eigenvalue weighted by atomic mass is 35.5. The fraction of sp³-hybridized carbons (Fsp3) is 0.500. The molecular formula is C14H18ClN3O2S2. The minimum atomic E-state index is -3.13. The highest BCUT2D eigenvalue weighted by Gasteiger charge is 2.28. The van der Waals surface area contributed by atoms with Crippen LogP contribution in [0.1, 0.15) is 12.8 Å². The van der Waals surface area contributed by atoms with Gasteiger partial charge in [0.05, 0.1) is 16.0 Å². The fourth-order valence-electron chi connectivity index (χ4n) is 2.73. The molecular weight excluding hydrogens is 342 g/mol. The Hall–Kier alpha value is -0.890. The highest BCUT2D eigenvalue weighted by molar-refractivity contribution is 7.88. The molecule has 0 spiro atoms. The zero-order chi connectivity index (χ0) is 15.9. The van der Waals surface area contributed by atoms with Gasteiger partial charge in [-0.2, -0.15) is 0 Å². The van der Waals surface area contributed by atoms with E-state index in [0.717, 1.165) is 41.3 Å². The molecule has 1 aliphatic rings. The molecule has 0 unspecified atom stereocenters. The summed E-state index contributed by atoms with van der Waals surface area (Å²) >= 11 is 7.81. The van der Waals surface area contributed by atoms with E-state index in [0.29, 0.717) is 5.02 Å². The molecule has 1 saturated heterocycles. The van der Waals surface area contributed by atoms with Gasteiger partial charge in [0, 0.05) is 26.2 Å². The Kier molecular flexibility index (Phi) is 4.33. The van der Waals surface area contributed by atoms with Crippen molar-refractivity contribution in [1.29, 1.82) is 0 Å². The summed E-state index contributed by atoms with van der Waals surface area (Å²) in [5.41, 5.74) is 0.847. The lowest BCUT2D eigenvalue weighted by Crippen LogP contribution is -2.45. The maximum atomic E-state index is 11.6. The van der Waals surface area contributed by atoms with Crippen molar-refractivity contribution in [2.24, 2.45) is 0 Å². The molecule has 0 bridgehead atoms. The average Bonchev–Trinajstić information content (AvgIpc) is 2.91. The van der Waals surface area contributed by atoms with Crippen molar-refractivity contribution in [3.8, 4) is 0 Å². The summed E-state index contributed by atoms with van der Waals surface area (Å²) in [5.74, 6) is 0. The Morgan fingerprint density at radius 1 is 1.36 bits per heavy atom. The van der Waals surface area contributed by atoms with E-state index in [4.69, 9.17) is 11.6 Å². The van der Waals surface area contributed by atoms with Gasteiger partial charge in [0.2, 0.25) is 10.0 Å². The highest BCUT2D eigenvalue weighted by Crippen LogP contribution is 2.34. The second-order valence-electron chi connectivity index (χ2n) is 5.58. The van der Waals surface area contributed by atoms with Gasteiger partial charge in [-0.1, -0.05) is 29.0 Å². The van der Waals surface area contributed by atoms with Crippen molar-refractivity contribution in [1.82, 2.24) is 9.29 Å². The van der Waals surface area contributed by atoms with Gasteiger partial charge in [-0.25, -0.2) is 17.7 Å². The number of para-hydroxylation sites is 1. The van der Waals surface area contributed by atoms with Crippen LogP contribution in [0.2, 0.25) is 5.02 Å². The predicted molar refractivity (Wildman–Crippen MR) is 92.5 cm³/mol. The number of thiazole rings is 1. The number of rotatable bonds is 3. The number of nitrogens with zero attached hydrogens (tertiary/aromatic N) is 3. The largest absolute Gasteiger partial charge is 0.348 e. The zero-order valence-corrected chi connectivity index (χ0v) is 14.9. The Morgan fingerprint density at radius 3 is 2.64 bits per heavy atom. The van der Waals surface area contributed by atoms with E-state index in [-0.39, 0.29) is 6.04 Å². The van der Waals surface area contributed by atoms with E-state index in [1.54, 1.807) is 18.4 Å². The number of aromatic nitrogens is 1. The molecule has 1 aliphatic heterocycles. The first kappa shape index (κ1) is 16.0. The van der Waals surface area contributed by atoms with Gasteiger partial charge < -0.3 is 4.90 Å². The second-order valence-corrected chi connectivity index (χ2v) is 9.04. The smallest absolute Gasteiger partial charge is 0.211 e. The third-order valence-electron chi connectivity index (χ3n) is 4.13. The molecule has 0 atom stereocenters. The van der Waals surface area contributed by atoms with Crippen molar-refractivity contribution in [2.75, 3.05) is 31.3 Å². The lowest BCUT2D eigenvalue weighted by molar-refractivity contribution is 0.314. The number of sulfonamides is 1. The standard InChI is InChI=1S/C14H18ClN3O2S2/c1-17(22(2,19)20)10-6-8-18(9-7-10)14-16-13-11(15)4-3-5-12(13)21-14/h3-5,10H,6-9H2,1-2H3. The van der Waals surface area contributed by atoms with Crippen LogP contribution in [0.15, 0.2) is 18.2 Å². The number of hydrogen-bond acceptors (Lipinski definition) is 5. The third kappa shape index (κ3) is 3.08. The summed E-state index contributed by atoms with van der Waals surface area (Å²) in [7, 11) is -1.47. The molecule has 0 N–H and O–H groups in total. The summed E-state index contributed by atoms with van der Waals surface area (Å²) in [6, 6.07) is 5.87. The first-order chi connectivity index (χ1) is 10.4. The number of fused-ring (bicyclic) bond motifs is 1. The van der Waals surface area contributed by atoms with Crippen LogP contribution in [-0.2, 0) is 10.0 Å². The van der Waals surface area contributed by atoms with Crippen LogP contribution in [0.4, 0.5) is 5.13 Å². The van der Waals surface area contributed by atoms with Gasteiger partial charge in [-0.05, 0) is 25.0 Å². The normalized spacial score (nSPS) is 17.5. The molecule has 2 aromatic rings. The maximum Gasteiger partial charge on any atom is 0.211 e. The van der Waals surface area contributed by atoms with Gasteiger partial charge in [0.15, 0.2) is 5.13 Å². The number of benzene rings is 1. The molecule has 8 heteroatoms. The molecule has 5 nitrogen and oxygen atoms in total. The van der Waals surface area contributed by atoms with Crippen molar-refractivity contribution in [2.45, 2.75) is 18.9 Å². The van der Waals surface area contributed by atoms with E-state index in [9.17, 15) is 8.42 Å². The molecule has 0 radical (unpaired) electrons. The van der Waals surface area contributed by atoms with Crippen LogP contribution in [0, 0.1) is 0 Å². The summed E-state index contributed by atoms with van der Waals surface area (Å²) in [6.07, 6.45) is 2.88. The van der Waals surface area contributed by atoms with E-state index in [2.05, 4.69) is 9.88 Å². The quantitative estimate of drug-likeness (QED) is 0.845. The first-order valence-corrected chi connectivity index (χ1v) is 10.1. The molecule has 0 saturated carbocycles. The fourth-order valence-corrected chi connectivity index (χ4v) is 4.80. The number of hydrogen-bond donors (Lipinski definition) is 0. The predicted octanol–water partition coefficient (Wildman–Crippen LogP) is 2.81. The zero-order valence-electron chi connectivity index (χ0n) is 12.5. The van der Waals surface area contributed by atoms with Crippen LogP contribution < -0.4 is 4.90 Å². The van der Waals surface area contributed by atoms with E-state index in [1.165, 1.54) is 10.6 Å². The Morgan fingerprint density at radius 2 is 2.05 bits per heavy atom. The van der Waals surface area contributed by atoms with Gasteiger partial charge in [-0.3, -0.25) is 0 Å². The van der Waals surface area contributed by atoms with Crippen molar-refractivity contribution in [3.05, 3.63) is 23.2 Å². The van der Waals surface area contributed by atoms with E-state index in [1.807, 2.05) is 18.2 Å². The maximum absolute atomic E-state index is 11.6. The minimum absolute atomic E-state index is 0.0733. The van der Waals surface area contributed by atoms with Crippen LogP contribution in [0.3, 0.4) is 0 Å². The van der Waals surface area contributed by atoms with Crippen LogP contribution >= 0.6 is 22.9 Å². The molecule has 1 aromatic carbocycles. The topological polar surface area (TPSA) is 53.5 Å². The number of anilines is 1. The Balaban J connectivity index is 1.74.